The molecule has 3 aromatic rings. The molecule has 30 heavy (non-hydrogen) atoms. The van der Waals surface area contributed by atoms with Gasteiger partial charge in [-0.15, -0.1) is 11.8 Å². The smallest absolute Gasteiger partial charge is 0.120 e. The number of rotatable bonds is 7. The number of benzene rings is 2. The van der Waals surface area contributed by atoms with E-state index in [1.165, 1.54) is 15.8 Å². The van der Waals surface area contributed by atoms with E-state index in [1.54, 1.807) is 40.2 Å². The number of hydrogen-bond acceptors (Lipinski definition) is 5. The van der Waals surface area contributed by atoms with E-state index in [2.05, 4.69) is 51.0 Å². The van der Waals surface area contributed by atoms with Gasteiger partial charge in [0.1, 0.15) is 12.0 Å². The van der Waals surface area contributed by atoms with Gasteiger partial charge in [0.15, 0.2) is 0 Å². The lowest BCUT2D eigenvalue weighted by molar-refractivity contribution is -0.107. The molecule has 0 aliphatic heterocycles. The topological polar surface area (TPSA) is 60.6 Å². The van der Waals surface area contributed by atoms with Crippen LogP contribution in [0.25, 0.3) is 22.0 Å². The number of hydrogen-bond donors (Lipinski definition) is 1. The maximum atomic E-state index is 10.8. The molecule has 1 N–H and O–H groups in total. The van der Waals surface area contributed by atoms with Crippen molar-refractivity contribution < 1.29 is 19.0 Å². The van der Waals surface area contributed by atoms with Crippen molar-refractivity contribution in [1.29, 1.82) is 0 Å². The summed E-state index contributed by atoms with van der Waals surface area (Å²) in [6, 6.07) is 14.5. The molecule has 6 heteroatoms. The fraction of sp³-hybridized carbons (Fsp3) is 0.375. The van der Waals surface area contributed by atoms with Crippen molar-refractivity contribution in [2.24, 2.45) is 0 Å². The fourth-order valence-corrected chi connectivity index (χ4v) is 3.28. The molecule has 1 aromatic heterocycles. The second kappa shape index (κ2) is 14.7. The van der Waals surface area contributed by atoms with E-state index in [0.29, 0.717) is 12.8 Å². The number of aromatic amines is 1. The van der Waals surface area contributed by atoms with E-state index < -0.39 is 0 Å². The lowest BCUT2D eigenvalue weighted by Gasteiger charge is -2.06. The molecule has 0 saturated heterocycles. The van der Waals surface area contributed by atoms with Crippen molar-refractivity contribution in [3.05, 3.63) is 48.2 Å². The number of H-pyrrole nitrogens is 1. The lowest BCUT2D eigenvalue weighted by atomic mass is 10.00. The number of thioether (sulfide) groups is 1. The third kappa shape index (κ3) is 7.52. The molecule has 0 radical (unpaired) electrons. The van der Waals surface area contributed by atoms with Crippen LogP contribution in [0, 0.1) is 0 Å². The summed E-state index contributed by atoms with van der Waals surface area (Å²) in [5.74, 6) is 0.840. The molecule has 0 aliphatic rings. The number of methoxy groups -OCH3 is 3. The van der Waals surface area contributed by atoms with Gasteiger partial charge in [-0.05, 0) is 49.4 Å². The van der Waals surface area contributed by atoms with Crippen molar-refractivity contribution in [2.45, 2.75) is 24.7 Å². The van der Waals surface area contributed by atoms with Crippen molar-refractivity contribution in [3.63, 3.8) is 0 Å². The van der Waals surface area contributed by atoms with E-state index in [-0.39, 0.29) is 0 Å². The van der Waals surface area contributed by atoms with Gasteiger partial charge in [0.2, 0.25) is 0 Å². The van der Waals surface area contributed by atoms with Crippen LogP contribution in [0.3, 0.4) is 0 Å². The van der Waals surface area contributed by atoms with Gasteiger partial charge in [-0.3, -0.25) is 0 Å². The van der Waals surface area contributed by atoms with Gasteiger partial charge in [-0.1, -0.05) is 18.2 Å². The molecule has 164 valence electrons. The molecule has 0 unspecified atom stereocenters. The highest BCUT2D eigenvalue weighted by molar-refractivity contribution is 7.98. The third-order valence-electron chi connectivity index (χ3n) is 4.26. The first-order valence-corrected chi connectivity index (χ1v) is 11.0. The SMILES string of the molecule is CCOC.COC.COc1ccc(-c2c(CCC=O)[nH]c3cc(SC)ccc23)cc1. The van der Waals surface area contributed by atoms with Crippen LogP contribution in [0.2, 0.25) is 0 Å². The molecule has 2 aromatic carbocycles. The summed E-state index contributed by atoms with van der Waals surface area (Å²) in [5, 5.41) is 1.19. The van der Waals surface area contributed by atoms with Gasteiger partial charge >= 0.3 is 0 Å². The van der Waals surface area contributed by atoms with Gasteiger partial charge in [-0.2, -0.15) is 0 Å². The second-order valence-electron chi connectivity index (χ2n) is 6.31. The number of aryl methyl sites for hydroxylation is 1. The Labute approximate surface area is 184 Å². The van der Waals surface area contributed by atoms with Crippen molar-refractivity contribution >= 4 is 29.0 Å². The number of nitrogens with one attached hydrogen (secondary N) is 1. The van der Waals surface area contributed by atoms with Gasteiger partial charge in [0.05, 0.1) is 7.11 Å². The van der Waals surface area contributed by atoms with Crippen LogP contribution in [0.1, 0.15) is 19.0 Å². The number of carbonyl (C=O) groups excluding carboxylic acids is 1. The normalized spacial score (nSPS) is 9.93. The first-order chi connectivity index (χ1) is 14.6. The van der Waals surface area contributed by atoms with Gasteiger partial charge in [0, 0.05) is 61.4 Å². The van der Waals surface area contributed by atoms with Crippen molar-refractivity contribution in [2.75, 3.05) is 41.3 Å². The molecular weight excluding hydrogens is 398 g/mol. The van der Waals surface area contributed by atoms with E-state index in [1.807, 2.05) is 19.1 Å². The average molecular weight is 432 g/mol. The zero-order chi connectivity index (χ0) is 22.4. The highest BCUT2D eigenvalue weighted by Gasteiger charge is 2.13. The summed E-state index contributed by atoms with van der Waals surface area (Å²) in [6.07, 6.45) is 4.28. The first kappa shape index (κ1) is 25.8. The largest absolute Gasteiger partial charge is 0.497 e. The van der Waals surface area contributed by atoms with Crippen LogP contribution in [0.15, 0.2) is 47.4 Å². The maximum Gasteiger partial charge on any atom is 0.120 e. The molecule has 3 rings (SSSR count). The lowest BCUT2D eigenvalue weighted by Crippen LogP contribution is -1.90. The summed E-state index contributed by atoms with van der Waals surface area (Å²) in [6.45, 7) is 2.78. The van der Waals surface area contributed by atoms with Gasteiger partial charge < -0.3 is 24.0 Å². The minimum absolute atomic E-state index is 0.519. The zero-order valence-electron chi connectivity index (χ0n) is 18.8. The Balaban J connectivity index is 0.000000564. The van der Waals surface area contributed by atoms with E-state index in [9.17, 15) is 4.79 Å². The predicted octanol–water partition coefficient (Wildman–Crippen LogP) is 5.61. The highest BCUT2D eigenvalue weighted by Crippen LogP contribution is 2.35. The van der Waals surface area contributed by atoms with Crippen LogP contribution < -0.4 is 4.74 Å². The number of aromatic nitrogens is 1. The molecule has 0 saturated carbocycles. The Morgan fingerprint density at radius 3 is 2.17 bits per heavy atom. The van der Waals surface area contributed by atoms with Crippen LogP contribution >= 0.6 is 11.8 Å². The van der Waals surface area contributed by atoms with Crippen molar-refractivity contribution in [3.8, 4) is 16.9 Å². The minimum Gasteiger partial charge on any atom is -0.497 e. The van der Waals surface area contributed by atoms with E-state index in [0.717, 1.165) is 35.4 Å². The summed E-state index contributed by atoms with van der Waals surface area (Å²) >= 11 is 1.72. The van der Waals surface area contributed by atoms with E-state index >= 15 is 0 Å². The number of ether oxygens (including phenoxy) is 3. The highest BCUT2D eigenvalue weighted by atomic mass is 32.2. The molecule has 0 atom stereocenters. The Morgan fingerprint density at radius 2 is 1.67 bits per heavy atom. The summed E-state index contributed by atoms with van der Waals surface area (Å²) < 4.78 is 14.0. The maximum absolute atomic E-state index is 10.8. The molecule has 0 bridgehead atoms. The minimum atomic E-state index is 0.519. The van der Waals surface area contributed by atoms with Gasteiger partial charge in [0.25, 0.3) is 0 Å². The van der Waals surface area contributed by atoms with Crippen LogP contribution in [0.4, 0.5) is 0 Å². The average Bonchev–Trinajstić information content (AvgIpc) is 3.15. The zero-order valence-corrected chi connectivity index (χ0v) is 19.6. The molecule has 0 fully saturated rings. The molecule has 0 spiro atoms. The number of carbonyl (C=O) groups is 1. The van der Waals surface area contributed by atoms with Crippen molar-refractivity contribution in [1.82, 2.24) is 4.98 Å². The summed E-state index contributed by atoms with van der Waals surface area (Å²) in [7, 11) is 6.60. The number of aldehydes is 1. The van der Waals surface area contributed by atoms with Gasteiger partial charge in [-0.25, -0.2) is 0 Å². The number of fused-ring (bicyclic) bond motifs is 1. The summed E-state index contributed by atoms with van der Waals surface area (Å²) in [5.41, 5.74) is 4.53. The Kier molecular flexibility index (Phi) is 12.6. The molecule has 5 nitrogen and oxygen atoms in total. The molecular formula is C24H33NO4S. The molecule has 1 heterocycles. The van der Waals surface area contributed by atoms with Crippen LogP contribution in [-0.4, -0.2) is 52.6 Å². The Hall–Kier alpha value is -2.28. The standard InChI is InChI=1S/C19H19NO2S.C3H8O.C2H6O/c1-22-14-7-5-13(6-8-14)19-16-10-9-15(23-2)12-18(16)20-17(19)4-3-11-21;1-3-4-2;1-3-2/h5-12,20H,3-4H2,1-2H3;3H2,1-2H3;1-2H3. The van der Waals surface area contributed by atoms with E-state index in [4.69, 9.17) is 4.74 Å². The third-order valence-corrected chi connectivity index (χ3v) is 4.99. The second-order valence-corrected chi connectivity index (χ2v) is 7.19. The Bertz CT molecular complexity index is 873. The Morgan fingerprint density at radius 1 is 1.03 bits per heavy atom. The quantitative estimate of drug-likeness (QED) is 0.389. The monoisotopic (exact) mass is 431 g/mol. The fourth-order valence-electron chi connectivity index (χ4n) is 2.84. The first-order valence-electron chi connectivity index (χ1n) is 9.75. The summed E-state index contributed by atoms with van der Waals surface area (Å²) in [4.78, 5) is 15.5. The predicted molar refractivity (Wildman–Crippen MR) is 127 cm³/mol. The molecule has 0 aliphatic carbocycles. The molecule has 0 amide bonds. The van der Waals surface area contributed by atoms with Crippen LogP contribution in [0.5, 0.6) is 5.75 Å². The van der Waals surface area contributed by atoms with Crippen LogP contribution in [-0.2, 0) is 20.7 Å².